The van der Waals surface area contributed by atoms with Crippen molar-refractivity contribution in [3.63, 3.8) is 0 Å². The van der Waals surface area contributed by atoms with Crippen molar-refractivity contribution in [2.45, 2.75) is 55.6 Å². The van der Waals surface area contributed by atoms with E-state index in [9.17, 15) is 27.3 Å². The molecular weight excluding hydrogens is 602 g/mol. The van der Waals surface area contributed by atoms with Crippen LogP contribution < -0.4 is 9.62 Å². The second kappa shape index (κ2) is 10.3. The molecule has 17 heteroatoms. The highest BCUT2D eigenvalue weighted by Crippen LogP contribution is 2.40. The van der Waals surface area contributed by atoms with Crippen LogP contribution in [0.4, 0.5) is 19.4 Å². The number of hydrogen-bond acceptors (Lipinski definition) is 10. The van der Waals surface area contributed by atoms with E-state index in [1.165, 1.54) is 27.9 Å². The Bertz CT molecular complexity index is 1900. The molecule has 4 heterocycles. The number of benzene rings is 1. The Hall–Kier alpha value is -4.01. The van der Waals surface area contributed by atoms with Crippen molar-refractivity contribution in [3.05, 3.63) is 29.5 Å². The highest BCUT2D eigenvalue weighted by Gasteiger charge is 2.47. The number of nitrogens with one attached hydrogen (secondary N) is 1. The summed E-state index contributed by atoms with van der Waals surface area (Å²) in [7, 11) is -0.688. The Labute approximate surface area is 249 Å². The van der Waals surface area contributed by atoms with Gasteiger partial charge in [-0.05, 0) is 38.8 Å². The smallest absolute Gasteiger partial charge is 0.319 e. The van der Waals surface area contributed by atoms with E-state index >= 15 is 0 Å². The van der Waals surface area contributed by atoms with Gasteiger partial charge in [-0.1, -0.05) is 17.4 Å². The van der Waals surface area contributed by atoms with Gasteiger partial charge in [-0.15, -0.1) is 10.2 Å². The molecule has 2 amide bonds. The number of urea groups is 1. The second-order valence-electron chi connectivity index (χ2n) is 11.1. The quantitative estimate of drug-likeness (QED) is 0.338. The third kappa shape index (κ3) is 4.92. The van der Waals surface area contributed by atoms with Crippen LogP contribution in [0, 0.1) is 11.3 Å². The lowest BCUT2D eigenvalue weighted by Crippen LogP contribution is -2.60. The van der Waals surface area contributed by atoms with E-state index in [1.54, 1.807) is 25.1 Å². The van der Waals surface area contributed by atoms with Gasteiger partial charge < -0.3 is 14.7 Å². The van der Waals surface area contributed by atoms with Gasteiger partial charge in [-0.3, -0.25) is 4.57 Å². The normalized spacial score (nSPS) is 20.1. The molecule has 2 atom stereocenters. The number of halogens is 2. The van der Waals surface area contributed by atoms with E-state index in [2.05, 4.69) is 29.8 Å². The summed E-state index contributed by atoms with van der Waals surface area (Å²) < 4.78 is 57.6. The lowest BCUT2D eigenvalue weighted by atomic mass is 10.1. The fourth-order valence-corrected chi connectivity index (χ4v) is 7.52. The van der Waals surface area contributed by atoms with Crippen LogP contribution in [0.5, 0.6) is 0 Å². The molecule has 0 spiro atoms. The molecule has 1 saturated heterocycles. The van der Waals surface area contributed by atoms with Crippen molar-refractivity contribution in [3.8, 4) is 11.2 Å². The van der Waals surface area contributed by atoms with Gasteiger partial charge >= 0.3 is 6.03 Å². The Balaban J connectivity index is 1.53. The average molecular weight is 631 g/mol. The molecule has 0 radical (unpaired) electrons. The van der Waals surface area contributed by atoms with Crippen LogP contribution in [0.15, 0.2) is 29.4 Å². The number of aromatic nitrogens is 5. The van der Waals surface area contributed by atoms with E-state index in [1.807, 2.05) is 19.9 Å². The number of nitrogens with zero attached hydrogens (tertiary/aromatic N) is 9. The minimum atomic E-state index is -4.10. The molecule has 1 N–H and O–H groups in total. The zero-order chi connectivity index (χ0) is 30.8. The topological polar surface area (TPSA) is 153 Å². The summed E-state index contributed by atoms with van der Waals surface area (Å²) in [6.07, 6.45) is -0.654. The maximum Gasteiger partial charge on any atom is 0.319 e. The number of carbonyl (C=O) groups excluding carboxylic acids is 1. The number of piperazine rings is 1. The lowest BCUT2D eigenvalue weighted by molar-refractivity contribution is 0.137. The minimum Gasteiger partial charge on any atom is -0.349 e. The summed E-state index contributed by atoms with van der Waals surface area (Å²) in [5, 5.41) is 17.8. The number of nitriles is 1. The van der Waals surface area contributed by atoms with Crippen molar-refractivity contribution >= 4 is 55.1 Å². The predicted octanol–water partition coefficient (Wildman–Crippen LogP) is 3.28. The van der Waals surface area contributed by atoms with Gasteiger partial charge in [0, 0.05) is 44.7 Å². The van der Waals surface area contributed by atoms with Crippen LogP contribution in [-0.4, -0.2) is 93.8 Å². The Kier molecular flexibility index (Phi) is 6.98. The molecule has 1 aliphatic heterocycles. The molecule has 6 rings (SSSR count). The average Bonchev–Trinajstić information content (AvgIpc) is 3.41. The summed E-state index contributed by atoms with van der Waals surface area (Å²) >= 11 is 0.674. The van der Waals surface area contributed by atoms with Gasteiger partial charge in [0.2, 0.25) is 15.2 Å². The Morgan fingerprint density at radius 1 is 1.19 bits per heavy atom. The van der Waals surface area contributed by atoms with E-state index in [0.717, 1.165) is 0 Å². The second-order valence-corrected chi connectivity index (χ2v) is 13.8. The van der Waals surface area contributed by atoms with Crippen molar-refractivity contribution in [2.24, 2.45) is 0 Å². The summed E-state index contributed by atoms with van der Waals surface area (Å²) in [5.41, 5.74) is -0.449. The van der Waals surface area contributed by atoms with Crippen LogP contribution in [0.2, 0.25) is 0 Å². The van der Waals surface area contributed by atoms with Gasteiger partial charge in [0.15, 0.2) is 10.7 Å². The van der Waals surface area contributed by atoms with Crippen molar-refractivity contribution < 1.29 is 22.0 Å². The largest absolute Gasteiger partial charge is 0.349 e. The molecule has 3 aromatic heterocycles. The molecule has 1 saturated carbocycles. The highest BCUT2D eigenvalue weighted by molar-refractivity contribution is 7.89. The number of sulfonamides is 1. The van der Waals surface area contributed by atoms with Crippen LogP contribution in [0.25, 0.3) is 27.1 Å². The fraction of sp³-hybridized carbons (Fsp3) is 0.462. The van der Waals surface area contributed by atoms with Crippen LogP contribution in [0.1, 0.15) is 38.1 Å². The Morgan fingerprint density at radius 3 is 2.56 bits per heavy atom. The molecule has 0 bridgehead atoms. The molecule has 1 aliphatic carbocycles. The summed E-state index contributed by atoms with van der Waals surface area (Å²) in [4.78, 5) is 27.2. The zero-order valence-corrected chi connectivity index (χ0v) is 25.3. The number of hydrogen-bond donors (Lipinski definition) is 1. The molecule has 0 unspecified atom stereocenters. The molecular formula is C26H28F2N10O3S2. The molecule has 226 valence electrons. The molecule has 2 fully saturated rings. The van der Waals surface area contributed by atoms with Gasteiger partial charge in [0.1, 0.15) is 17.7 Å². The number of anilines is 1. The first-order chi connectivity index (χ1) is 20.4. The fourth-order valence-electron chi connectivity index (χ4n) is 5.41. The van der Waals surface area contributed by atoms with E-state index in [4.69, 9.17) is 0 Å². The van der Waals surface area contributed by atoms with E-state index in [0.29, 0.717) is 65.0 Å². The van der Waals surface area contributed by atoms with Gasteiger partial charge in [0.05, 0.1) is 21.9 Å². The summed E-state index contributed by atoms with van der Waals surface area (Å²) in [5.74, 6) is 0.554. The summed E-state index contributed by atoms with van der Waals surface area (Å²) in [6, 6.07) is 6.10. The molecule has 4 aromatic rings. The van der Waals surface area contributed by atoms with Crippen LogP contribution in [-0.2, 0) is 10.0 Å². The molecule has 1 aromatic carbocycles. The molecule has 13 nitrogen and oxygen atoms in total. The summed E-state index contributed by atoms with van der Waals surface area (Å²) in [6.45, 7) is 4.83. The third-order valence-corrected chi connectivity index (χ3v) is 10.2. The number of fused-ring (bicyclic) bond motifs is 3. The third-order valence-electron chi connectivity index (χ3n) is 7.80. The van der Waals surface area contributed by atoms with Gasteiger partial charge in [0.25, 0.3) is 6.43 Å². The molecule has 2 aliphatic rings. The van der Waals surface area contributed by atoms with Crippen molar-refractivity contribution in [1.82, 2.24) is 39.3 Å². The number of amides is 2. The van der Waals surface area contributed by atoms with Crippen molar-refractivity contribution in [1.29, 1.82) is 5.26 Å². The molecule has 43 heavy (non-hydrogen) atoms. The monoisotopic (exact) mass is 630 g/mol. The zero-order valence-electron chi connectivity index (χ0n) is 23.7. The minimum absolute atomic E-state index is 0.0842. The number of alkyl halides is 2. The standard InChI is InChI=1S/C26H28F2N10O3S2/c1-14-11-37(25(39)35(3)4)15(2)10-36(14)21-19-17-6-5-16(43(40,41)34-26(12-29)7-8-26)9-18(17)38(22(19)31-13-30-21)24-33-32-23(42-24)20(27)28/h5-6,9,13-15,20,34H,7-8,10-11H2,1-4H3/t14-,15+/m1/s1. The van der Waals surface area contributed by atoms with Gasteiger partial charge in [-0.2, -0.15) is 9.98 Å². The Morgan fingerprint density at radius 2 is 1.93 bits per heavy atom. The number of rotatable bonds is 6. The van der Waals surface area contributed by atoms with Gasteiger partial charge in [-0.25, -0.2) is 32.0 Å². The first-order valence-electron chi connectivity index (χ1n) is 13.5. The SMILES string of the molecule is C[C@@H]1CN(C(=O)N(C)C)[C@@H](C)CN1c1ncnc2c1c1ccc(S(=O)(=O)NC3(C#N)CC3)cc1n2-c1nnc(C(F)F)s1. The highest BCUT2D eigenvalue weighted by atomic mass is 32.2. The number of carbonyl (C=O) groups is 1. The first kappa shape index (κ1) is 29.1. The maximum atomic E-state index is 13.5. The van der Waals surface area contributed by atoms with E-state index in [-0.39, 0.29) is 28.1 Å². The van der Waals surface area contributed by atoms with Crippen molar-refractivity contribution in [2.75, 3.05) is 32.1 Å². The van der Waals surface area contributed by atoms with E-state index < -0.39 is 27.0 Å². The lowest BCUT2D eigenvalue weighted by Gasteiger charge is -2.45. The predicted molar refractivity (Wildman–Crippen MR) is 155 cm³/mol. The first-order valence-corrected chi connectivity index (χ1v) is 15.8. The van der Waals surface area contributed by atoms with Crippen LogP contribution >= 0.6 is 11.3 Å². The maximum absolute atomic E-state index is 13.5. The van der Waals surface area contributed by atoms with Crippen LogP contribution in [0.3, 0.4) is 0 Å².